The van der Waals surface area contributed by atoms with Crippen LogP contribution in [0.4, 0.5) is 4.39 Å². The molecule has 0 unspecified atom stereocenters. The first-order chi connectivity index (χ1) is 10.3. The number of hydrogen-bond donors (Lipinski definition) is 1. The Hall–Kier alpha value is -0.880. The molecule has 1 aliphatic heterocycles. The van der Waals surface area contributed by atoms with Crippen molar-refractivity contribution in [3.8, 4) is 0 Å². The highest BCUT2D eigenvalue weighted by Crippen LogP contribution is 2.24. The van der Waals surface area contributed by atoms with Crippen LogP contribution in [-0.4, -0.2) is 49.2 Å². The molecule has 4 nitrogen and oxygen atoms in total. The maximum absolute atomic E-state index is 13.5. The molecule has 1 saturated heterocycles. The van der Waals surface area contributed by atoms with Gasteiger partial charge in [-0.15, -0.1) is 0 Å². The number of nitrogens with zero attached hydrogens (tertiary/aromatic N) is 1. The Kier molecular flexibility index (Phi) is 5.66. The first-order valence-corrected chi connectivity index (χ1v) is 7.82. The molecule has 0 aromatic heterocycles. The van der Waals surface area contributed by atoms with Gasteiger partial charge in [0.15, 0.2) is 0 Å². The van der Waals surface area contributed by atoms with Crippen LogP contribution in [0.3, 0.4) is 0 Å². The second-order valence-electron chi connectivity index (χ2n) is 5.84. The molecule has 1 N–H and O–H groups in total. The fraction of sp³-hybridized carbons (Fsp3) is 0.533. The standard InChI is InChI=1S/C15H19Cl2FN2O2/c1-15(2,20-3-5-22-6-4-20)9-19-14(21)10-7-13(18)12(17)8-11(10)16/h7-8H,3-6,9H2,1-2H3,(H,19,21). The van der Waals surface area contributed by atoms with E-state index in [1.54, 1.807) is 0 Å². The van der Waals surface area contributed by atoms with E-state index < -0.39 is 11.7 Å². The van der Waals surface area contributed by atoms with Crippen molar-refractivity contribution in [3.05, 3.63) is 33.6 Å². The minimum Gasteiger partial charge on any atom is -0.379 e. The van der Waals surface area contributed by atoms with Crippen LogP contribution >= 0.6 is 23.2 Å². The summed E-state index contributed by atoms with van der Waals surface area (Å²) in [6.07, 6.45) is 0. The van der Waals surface area contributed by atoms with E-state index in [0.717, 1.165) is 19.2 Å². The van der Waals surface area contributed by atoms with Crippen molar-refractivity contribution in [2.75, 3.05) is 32.8 Å². The molecule has 1 aromatic carbocycles. The molecular formula is C15H19Cl2FN2O2. The number of carbonyl (C=O) groups excluding carboxylic acids is 1. The van der Waals surface area contributed by atoms with Crippen LogP contribution in [0.5, 0.6) is 0 Å². The minimum atomic E-state index is -0.663. The predicted molar refractivity (Wildman–Crippen MR) is 85.2 cm³/mol. The van der Waals surface area contributed by atoms with Crippen molar-refractivity contribution >= 4 is 29.1 Å². The number of ether oxygens (including phenoxy) is 1. The summed E-state index contributed by atoms with van der Waals surface area (Å²) in [7, 11) is 0. The summed E-state index contributed by atoms with van der Waals surface area (Å²) in [5, 5.41) is 2.84. The molecule has 22 heavy (non-hydrogen) atoms. The van der Waals surface area contributed by atoms with Gasteiger partial charge in [0.2, 0.25) is 0 Å². The van der Waals surface area contributed by atoms with Crippen LogP contribution in [-0.2, 0) is 4.74 Å². The molecule has 1 aliphatic rings. The predicted octanol–water partition coefficient (Wildman–Crippen LogP) is 2.97. The molecule has 7 heteroatoms. The third-order valence-electron chi connectivity index (χ3n) is 3.80. The van der Waals surface area contributed by atoms with E-state index in [-0.39, 0.29) is 21.1 Å². The third-order valence-corrected chi connectivity index (χ3v) is 4.41. The Morgan fingerprint density at radius 3 is 2.59 bits per heavy atom. The second-order valence-corrected chi connectivity index (χ2v) is 6.66. The van der Waals surface area contributed by atoms with E-state index >= 15 is 0 Å². The van der Waals surface area contributed by atoms with Gasteiger partial charge in [0.05, 0.1) is 28.8 Å². The lowest BCUT2D eigenvalue weighted by atomic mass is 10.0. The van der Waals surface area contributed by atoms with Crippen molar-refractivity contribution in [2.45, 2.75) is 19.4 Å². The molecule has 1 fully saturated rings. The molecule has 0 spiro atoms. The molecule has 1 aromatic rings. The summed E-state index contributed by atoms with van der Waals surface area (Å²) in [5.41, 5.74) is -0.141. The number of amides is 1. The smallest absolute Gasteiger partial charge is 0.252 e. The van der Waals surface area contributed by atoms with Crippen LogP contribution < -0.4 is 5.32 Å². The molecule has 0 atom stereocenters. The number of rotatable bonds is 4. The molecule has 1 heterocycles. The molecule has 0 bridgehead atoms. The van der Waals surface area contributed by atoms with Gasteiger partial charge in [0.1, 0.15) is 5.82 Å². The van der Waals surface area contributed by atoms with Crippen LogP contribution in [0, 0.1) is 5.82 Å². The Balaban J connectivity index is 2.01. The van der Waals surface area contributed by atoms with E-state index in [0.29, 0.717) is 19.8 Å². The monoisotopic (exact) mass is 348 g/mol. The van der Waals surface area contributed by atoms with Crippen molar-refractivity contribution < 1.29 is 13.9 Å². The topological polar surface area (TPSA) is 41.6 Å². The highest BCUT2D eigenvalue weighted by Gasteiger charge is 2.29. The number of benzene rings is 1. The van der Waals surface area contributed by atoms with Gasteiger partial charge in [0, 0.05) is 25.2 Å². The SMILES string of the molecule is CC(C)(CNC(=O)c1cc(F)c(Cl)cc1Cl)N1CCOCC1. The lowest BCUT2D eigenvalue weighted by Gasteiger charge is -2.40. The van der Waals surface area contributed by atoms with Crippen molar-refractivity contribution in [2.24, 2.45) is 0 Å². The normalized spacial score (nSPS) is 16.6. The van der Waals surface area contributed by atoms with Gasteiger partial charge in [-0.25, -0.2) is 4.39 Å². The molecule has 1 amide bonds. The van der Waals surface area contributed by atoms with E-state index in [1.165, 1.54) is 6.07 Å². The van der Waals surface area contributed by atoms with Gasteiger partial charge in [0.25, 0.3) is 5.91 Å². The van der Waals surface area contributed by atoms with Gasteiger partial charge in [-0.3, -0.25) is 9.69 Å². The molecule has 0 aliphatic carbocycles. The zero-order valence-corrected chi connectivity index (χ0v) is 14.1. The van der Waals surface area contributed by atoms with Crippen molar-refractivity contribution in [1.29, 1.82) is 0 Å². The number of morpholine rings is 1. The number of hydrogen-bond acceptors (Lipinski definition) is 3. The maximum Gasteiger partial charge on any atom is 0.252 e. The fourth-order valence-corrected chi connectivity index (χ4v) is 2.84. The Labute approximate surface area is 139 Å². The molecule has 0 radical (unpaired) electrons. The van der Waals surface area contributed by atoms with Gasteiger partial charge in [-0.1, -0.05) is 23.2 Å². The fourth-order valence-electron chi connectivity index (χ4n) is 2.37. The number of carbonyl (C=O) groups is 1. The number of nitrogens with one attached hydrogen (secondary N) is 1. The highest BCUT2D eigenvalue weighted by atomic mass is 35.5. The van der Waals surface area contributed by atoms with Crippen LogP contribution in [0.25, 0.3) is 0 Å². The second kappa shape index (κ2) is 7.13. The van der Waals surface area contributed by atoms with Crippen molar-refractivity contribution in [1.82, 2.24) is 10.2 Å². The minimum absolute atomic E-state index is 0.0846. The summed E-state index contributed by atoms with van der Waals surface area (Å²) in [5.74, 6) is -1.08. The van der Waals surface area contributed by atoms with Gasteiger partial charge < -0.3 is 10.1 Å². The van der Waals surface area contributed by atoms with E-state index in [9.17, 15) is 9.18 Å². The number of halogens is 3. The summed E-state index contributed by atoms with van der Waals surface area (Å²) in [4.78, 5) is 14.5. The van der Waals surface area contributed by atoms with Gasteiger partial charge in [-0.2, -0.15) is 0 Å². The van der Waals surface area contributed by atoms with E-state index in [4.69, 9.17) is 27.9 Å². The summed E-state index contributed by atoms with van der Waals surface area (Å²) in [6, 6.07) is 2.29. The average molecular weight is 349 g/mol. The largest absolute Gasteiger partial charge is 0.379 e. The lowest BCUT2D eigenvalue weighted by Crippen LogP contribution is -2.55. The van der Waals surface area contributed by atoms with E-state index in [2.05, 4.69) is 10.2 Å². The Morgan fingerprint density at radius 2 is 1.95 bits per heavy atom. The zero-order valence-electron chi connectivity index (χ0n) is 12.6. The molecule has 122 valence electrons. The summed E-state index contributed by atoms with van der Waals surface area (Å²) >= 11 is 11.6. The van der Waals surface area contributed by atoms with Crippen LogP contribution in [0.1, 0.15) is 24.2 Å². The van der Waals surface area contributed by atoms with Gasteiger partial charge >= 0.3 is 0 Å². The van der Waals surface area contributed by atoms with Gasteiger partial charge in [-0.05, 0) is 26.0 Å². The summed E-state index contributed by atoms with van der Waals surface area (Å²) < 4.78 is 18.8. The Morgan fingerprint density at radius 1 is 1.32 bits per heavy atom. The zero-order chi connectivity index (χ0) is 16.3. The molecular weight excluding hydrogens is 330 g/mol. The lowest BCUT2D eigenvalue weighted by molar-refractivity contribution is -0.00923. The van der Waals surface area contributed by atoms with Crippen LogP contribution in [0.15, 0.2) is 12.1 Å². The first-order valence-electron chi connectivity index (χ1n) is 7.07. The first kappa shape index (κ1) is 17.5. The summed E-state index contributed by atoms with van der Waals surface area (Å²) in [6.45, 7) is 7.52. The Bertz CT molecular complexity index is 561. The molecule has 0 saturated carbocycles. The quantitative estimate of drug-likeness (QED) is 0.850. The molecule has 2 rings (SSSR count). The third kappa shape index (κ3) is 4.10. The highest BCUT2D eigenvalue weighted by molar-refractivity contribution is 6.36. The van der Waals surface area contributed by atoms with E-state index in [1.807, 2.05) is 13.8 Å². The maximum atomic E-state index is 13.5. The van der Waals surface area contributed by atoms with Crippen LogP contribution in [0.2, 0.25) is 10.0 Å². The average Bonchev–Trinajstić information content (AvgIpc) is 2.49. The van der Waals surface area contributed by atoms with Crippen molar-refractivity contribution in [3.63, 3.8) is 0 Å².